The molecule has 1 N–H and O–H groups in total. The van der Waals surface area contributed by atoms with Gasteiger partial charge in [-0.1, -0.05) is 41.4 Å². The van der Waals surface area contributed by atoms with E-state index in [1.165, 1.54) is 0 Å². The van der Waals surface area contributed by atoms with E-state index in [0.717, 1.165) is 21.8 Å². The van der Waals surface area contributed by atoms with Crippen LogP contribution in [0.5, 0.6) is 0 Å². The SMILES string of the molecule is Clc1cc(Cl)c2c(c1)[nH]c1ccccc12. The van der Waals surface area contributed by atoms with Gasteiger partial charge in [0.05, 0.1) is 5.02 Å². The van der Waals surface area contributed by atoms with Gasteiger partial charge in [0.2, 0.25) is 0 Å². The van der Waals surface area contributed by atoms with Crippen LogP contribution in [0.25, 0.3) is 21.8 Å². The molecule has 0 radical (unpaired) electrons. The van der Waals surface area contributed by atoms with Crippen LogP contribution in [0.15, 0.2) is 36.4 Å². The Bertz CT molecular complexity index is 655. The summed E-state index contributed by atoms with van der Waals surface area (Å²) in [6, 6.07) is 11.7. The predicted octanol–water partition coefficient (Wildman–Crippen LogP) is 4.63. The highest BCUT2D eigenvalue weighted by Crippen LogP contribution is 2.33. The van der Waals surface area contributed by atoms with Crippen molar-refractivity contribution < 1.29 is 0 Å². The molecule has 0 fully saturated rings. The van der Waals surface area contributed by atoms with Gasteiger partial charge in [-0.15, -0.1) is 0 Å². The zero-order valence-electron chi connectivity index (χ0n) is 7.72. The van der Waals surface area contributed by atoms with Gasteiger partial charge in [0.1, 0.15) is 0 Å². The topological polar surface area (TPSA) is 15.8 Å². The lowest BCUT2D eigenvalue weighted by Gasteiger charge is -1.96. The zero-order valence-corrected chi connectivity index (χ0v) is 9.23. The van der Waals surface area contributed by atoms with Gasteiger partial charge in [0.15, 0.2) is 0 Å². The Labute approximate surface area is 96.6 Å². The molecule has 0 spiro atoms. The first-order chi connectivity index (χ1) is 7.25. The van der Waals surface area contributed by atoms with E-state index in [1.54, 1.807) is 6.07 Å². The fourth-order valence-electron chi connectivity index (χ4n) is 1.90. The predicted molar refractivity (Wildman–Crippen MR) is 65.8 cm³/mol. The number of halogens is 2. The molecule has 1 heterocycles. The van der Waals surface area contributed by atoms with Crippen molar-refractivity contribution in [1.82, 2.24) is 4.98 Å². The van der Waals surface area contributed by atoms with Crippen LogP contribution in [-0.4, -0.2) is 4.98 Å². The number of fused-ring (bicyclic) bond motifs is 3. The molecule has 0 saturated carbocycles. The highest BCUT2D eigenvalue weighted by molar-refractivity contribution is 6.40. The van der Waals surface area contributed by atoms with E-state index < -0.39 is 0 Å². The van der Waals surface area contributed by atoms with Crippen molar-refractivity contribution in [3.8, 4) is 0 Å². The average Bonchev–Trinajstić information content (AvgIpc) is 2.54. The van der Waals surface area contributed by atoms with E-state index in [4.69, 9.17) is 23.2 Å². The summed E-state index contributed by atoms with van der Waals surface area (Å²) in [5, 5.41) is 3.51. The van der Waals surface area contributed by atoms with Crippen LogP contribution in [0.3, 0.4) is 0 Å². The Morgan fingerprint density at radius 1 is 0.933 bits per heavy atom. The van der Waals surface area contributed by atoms with E-state index >= 15 is 0 Å². The van der Waals surface area contributed by atoms with Crippen molar-refractivity contribution in [3.05, 3.63) is 46.4 Å². The Morgan fingerprint density at radius 3 is 2.60 bits per heavy atom. The van der Waals surface area contributed by atoms with E-state index in [1.807, 2.05) is 30.3 Å². The molecule has 0 amide bonds. The minimum absolute atomic E-state index is 0.652. The number of aromatic nitrogens is 1. The fraction of sp³-hybridized carbons (Fsp3) is 0. The lowest BCUT2D eigenvalue weighted by atomic mass is 10.1. The Balaban J connectivity index is 2.61. The van der Waals surface area contributed by atoms with Crippen molar-refractivity contribution >= 4 is 45.0 Å². The zero-order chi connectivity index (χ0) is 10.4. The third-order valence-corrected chi connectivity index (χ3v) is 3.04. The van der Waals surface area contributed by atoms with E-state index in [0.29, 0.717) is 10.0 Å². The average molecular weight is 236 g/mol. The minimum atomic E-state index is 0.652. The smallest absolute Gasteiger partial charge is 0.0520 e. The number of nitrogens with one attached hydrogen (secondary N) is 1. The molecule has 3 rings (SSSR count). The number of hydrogen-bond acceptors (Lipinski definition) is 0. The first kappa shape index (κ1) is 9.08. The van der Waals surface area contributed by atoms with Crippen LogP contribution in [0.4, 0.5) is 0 Å². The lowest BCUT2D eigenvalue weighted by Crippen LogP contribution is -1.70. The number of rotatable bonds is 0. The number of H-pyrrole nitrogens is 1. The molecule has 2 aromatic carbocycles. The highest BCUT2D eigenvalue weighted by atomic mass is 35.5. The van der Waals surface area contributed by atoms with Crippen LogP contribution in [0.1, 0.15) is 0 Å². The van der Waals surface area contributed by atoms with Crippen LogP contribution >= 0.6 is 23.2 Å². The van der Waals surface area contributed by atoms with Gasteiger partial charge in [-0.3, -0.25) is 0 Å². The minimum Gasteiger partial charge on any atom is -0.354 e. The first-order valence-electron chi connectivity index (χ1n) is 4.61. The summed E-state index contributed by atoms with van der Waals surface area (Å²) >= 11 is 12.1. The third kappa shape index (κ3) is 1.31. The molecule has 0 atom stereocenters. The number of aromatic amines is 1. The summed E-state index contributed by atoms with van der Waals surface area (Å²) in [6.45, 7) is 0. The van der Waals surface area contributed by atoms with Crippen LogP contribution in [0.2, 0.25) is 10.0 Å². The summed E-state index contributed by atoms with van der Waals surface area (Å²) in [5.41, 5.74) is 2.06. The summed E-state index contributed by atoms with van der Waals surface area (Å²) < 4.78 is 0. The van der Waals surface area contributed by atoms with Crippen LogP contribution in [-0.2, 0) is 0 Å². The quantitative estimate of drug-likeness (QED) is 0.585. The summed E-state index contributed by atoms with van der Waals surface area (Å²) in [4.78, 5) is 3.29. The van der Waals surface area contributed by atoms with Gasteiger partial charge in [-0.2, -0.15) is 0 Å². The normalized spacial score (nSPS) is 11.3. The van der Waals surface area contributed by atoms with Crippen molar-refractivity contribution in [1.29, 1.82) is 0 Å². The van der Waals surface area contributed by atoms with Gasteiger partial charge in [0.25, 0.3) is 0 Å². The maximum atomic E-state index is 6.18. The van der Waals surface area contributed by atoms with Crippen LogP contribution < -0.4 is 0 Å². The van der Waals surface area contributed by atoms with Gasteiger partial charge in [-0.25, -0.2) is 0 Å². The highest BCUT2D eigenvalue weighted by Gasteiger charge is 2.07. The number of para-hydroxylation sites is 1. The van der Waals surface area contributed by atoms with Crippen LogP contribution in [0, 0.1) is 0 Å². The molecule has 0 aliphatic carbocycles. The molecule has 0 aliphatic rings. The maximum absolute atomic E-state index is 6.18. The second-order valence-corrected chi connectivity index (χ2v) is 4.32. The van der Waals surface area contributed by atoms with Crippen molar-refractivity contribution in [3.63, 3.8) is 0 Å². The standard InChI is InChI=1S/C12H7Cl2N/c13-7-5-9(14)12-8-3-1-2-4-10(8)15-11(12)6-7/h1-6,15H. The molecule has 3 heteroatoms. The molecular formula is C12H7Cl2N. The van der Waals surface area contributed by atoms with Gasteiger partial charge < -0.3 is 4.98 Å². The summed E-state index contributed by atoms with van der Waals surface area (Å²) in [5.74, 6) is 0. The third-order valence-electron chi connectivity index (χ3n) is 2.52. The monoisotopic (exact) mass is 235 g/mol. The van der Waals surface area contributed by atoms with Crippen molar-refractivity contribution in [2.75, 3.05) is 0 Å². The summed E-state index contributed by atoms with van der Waals surface area (Å²) in [7, 11) is 0. The second-order valence-electron chi connectivity index (χ2n) is 3.48. The molecule has 0 aliphatic heterocycles. The largest absolute Gasteiger partial charge is 0.354 e. The van der Waals surface area contributed by atoms with Gasteiger partial charge in [-0.05, 0) is 18.2 Å². The maximum Gasteiger partial charge on any atom is 0.0520 e. The molecule has 0 unspecified atom stereocenters. The molecule has 3 aromatic rings. The Morgan fingerprint density at radius 2 is 1.73 bits per heavy atom. The molecular weight excluding hydrogens is 229 g/mol. The van der Waals surface area contributed by atoms with Gasteiger partial charge in [0, 0.05) is 26.8 Å². The number of hydrogen-bond donors (Lipinski definition) is 1. The molecule has 0 bridgehead atoms. The van der Waals surface area contributed by atoms with E-state index in [-0.39, 0.29) is 0 Å². The lowest BCUT2D eigenvalue weighted by molar-refractivity contribution is 1.55. The fourth-order valence-corrected chi connectivity index (χ4v) is 2.50. The van der Waals surface area contributed by atoms with Crippen molar-refractivity contribution in [2.24, 2.45) is 0 Å². The molecule has 1 aromatic heterocycles. The first-order valence-corrected chi connectivity index (χ1v) is 5.37. The second kappa shape index (κ2) is 3.16. The van der Waals surface area contributed by atoms with E-state index in [2.05, 4.69) is 4.98 Å². The van der Waals surface area contributed by atoms with Gasteiger partial charge >= 0.3 is 0 Å². The molecule has 74 valence electrons. The Kier molecular flexibility index (Phi) is 1.91. The van der Waals surface area contributed by atoms with Crippen molar-refractivity contribution in [2.45, 2.75) is 0 Å². The summed E-state index contributed by atoms with van der Waals surface area (Å²) in [6.07, 6.45) is 0. The van der Waals surface area contributed by atoms with E-state index in [9.17, 15) is 0 Å². The molecule has 15 heavy (non-hydrogen) atoms. The molecule has 0 saturated heterocycles. The number of benzene rings is 2. The Hall–Kier alpha value is -1.18. The molecule has 1 nitrogen and oxygen atoms in total.